The average molecular weight is 470 g/mol. The maximum atomic E-state index is 12.7. The molecule has 0 fully saturated rings. The van der Waals surface area contributed by atoms with Gasteiger partial charge in [-0.15, -0.1) is 0 Å². The number of carbonyl (C=O) groups excluding carboxylic acids is 2. The van der Waals surface area contributed by atoms with E-state index in [1.807, 2.05) is 42.5 Å². The summed E-state index contributed by atoms with van der Waals surface area (Å²) in [4.78, 5) is 24.7. The van der Waals surface area contributed by atoms with E-state index in [9.17, 15) is 18.0 Å². The van der Waals surface area contributed by atoms with E-state index >= 15 is 0 Å². The number of aromatic nitrogens is 1. The van der Waals surface area contributed by atoms with Gasteiger partial charge in [0.2, 0.25) is 10.0 Å². The van der Waals surface area contributed by atoms with Gasteiger partial charge in [0, 0.05) is 32.0 Å². The smallest absolute Gasteiger partial charge is 0.355 e. The van der Waals surface area contributed by atoms with E-state index in [-0.39, 0.29) is 10.6 Å². The van der Waals surface area contributed by atoms with Gasteiger partial charge in [0.1, 0.15) is 10.6 Å². The van der Waals surface area contributed by atoms with Gasteiger partial charge in [0.05, 0.1) is 0 Å². The molecule has 174 valence electrons. The molecule has 1 N–H and O–H groups in total. The van der Waals surface area contributed by atoms with E-state index in [1.165, 1.54) is 21.1 Å². The van der Waals surface area contributed by atoms with Crippen LogP contribution in [0.4, 0.5) is 5.69 Å². The molecular formula is C24H27N3O5S. The molecule has 0 bridgehead atoms. The van der Waals surface area contributed by atoms with Crippen LogP contribution in [0.5, 0.6) is 0 Å². The summed E-state index contributed by atoms with van der Waals surface area (Å²) in [5, 5.41) is 2.68. The Labute approximate surface area is 193 Å². The number of esters is 1. The molecule has 0 aliphatic carbocycles. The van der Waals surface area contributed by atoms with E-state index in [4.69, 9.17) is 4.74 Å². The number of sulfonamides is 1. The lowest BCUT2D eigenvalue weighted by Gasteiger charge is -2.17. The molecule has 0 aliphatic heterocycles. The normalized spacial score (nSPS) is 11.4. The van der Waals surface area contributed by atoms with Gasteiger partial charge < -0.3 is 14.6 Å². The highest BCUT2D eigenvalue weighted by Crippen LogP contribution is 2.21. The summed E-state index contributed by atoms with van der Waals surface area (Å²) in [6.45, 7) is 3.63. The predicted molar refractivity (Wildman–Crippen MR) is 126 cm³/mol. The number of ether oxygens (including phenoxy) is 1. The molecule has 0 aliphatic rings. The number of hydrogen-bond donors (Lipinski definition) is 1. The molecule has 0 saturated heterocycles. The first-order valence-electron chi connectivity index (χ1n) is 10.5. The van der Waals surface area contributed by atoms with Crippen LogP contribution < -0.4 is 5.32 Å². The SMILES string of the molecule is CCN(CC)S(=O)(=O)c1cc(C(=O)OCC(=O)Nc2ccc(-c3ccccc3)cc2)n(C)c1. The van der Waals surface area contributed by atoms with Crippen molar-refractivity contribution in [3.05, 3.63) is 72.6 Å². The first-order valence-corrected chi connectivity index (χ1v) is 12.0. The molecule has 0 atom stereocenters. The summed E-state index contributed by atoms with van der Waals surface area (Å²) in [7, 11) is -2.16. The van der Waals surface area contributed by atoms with Crippen molar-refractivity contribution < 1.29 is 22.7 Å². The van der Waals surface area contributed by atoms with Crippen molar-refractivity contribution in [1.29, 1.82) is 0 Å². The molecule has 33 heavy (non-hydrogen) atoms. The van der Waals surface area contributed by atoms with Gasteiger partial charge in [-0.05, 0) is 29.3 Å². The van der Waals surface area contributed by atoms with Gasteiger partial charge in [-0.1, -0.05) is 56.3 Å². The van der Waals surface area contributed by atoms with Gasteiger partial charge >= 0.3 is 5.97 Å². The first kappa shape index (κ1) is 24.2. The monoisotopic (exact) mass is 469 g/mol. The molecular weight excluding hydrogens is 442 g/mol. The lowest BCUT2D eigenvalue weighted by atomic mass is 10.1. The van der Waals surface area contributed by atoms with Crippen molar-refractivity contribution in [3.63, 3.8) is 0 Å². The molecule has 1 amide bonds. The van der Waals surface area contributed by atoms with Crippen LogP contribution in [0.1, 0.15) is 24.3 Å². The molecule has 2 aromatic carbocycles. The van der Waals surface area contributed by atoms with Crippen LogP contribution in [0.2, 0.25) is 0 Å². The Morgan fingerprint density at radius 3 is 2.18 bits per heavy atom. The highest BCUT2D eigenvalue weighted by molar-refractivity contribution is 7.89. The van der Waals surface area contributed by atoms with Crippen LogP contribution in [-0.4, -0.2) is 48.9 Å². The Hall–Kier alpha value is -3.43. The Balaban J connectivity index is 1.60. The number of rotatable bonds is 9. The number of nitrogens with one attached hydrogen (secondary N) is 1. The van der Waals surface area contributed by atoms with Gasteiger partial charge in [-0.2, -0.15) is 4.31 Å². The molecule has 0 radical (unpaired) electrons. The number of aryl methyl sites for hydroxylation is 1. The van der Waals surface area contributed by atoms with Crippen molar-refractivity contribution in [2.45, 2.75) is 18.7 Å². The van der Waals surface area contributed by atoms with E-state index < -0.39 is 28.5 Å². The van der Waals surface area contributed by atoms with Crippen LogP contribution >= 0.6 is 0 Å². The standard InChI is InChI=1S/C24H27N3O5S/c1-4-27(5-2)33(30,31)21-15-22(26(3)16-21)24(29)32-17-23(28)25-20-13-11-19(12-14-20)18-9-7-6-8-10-18/h6-16H,4-5,17H2,1-3H3,(H,25,28). The van der Waals surface area contributed by atoms with Gasteiger partial charge in [0.15, 0.2) is 6.61 Å². The third kappa shape index (κ3) is 5.68. The molecule has 1 aromatic heterocycles. The van der Waals surface area contributed by atoms with Gasteiger partial charge in [0.25, 0.3) is 5.91 Å². The van der Waals surface area contributed by atoms with Crippen LogP contribution in [0.25, 0.3) is 11.1 Å². The lowest BCUT2D eigenvalue weighted by molar-refractivity contribution is -0.119. The number of benzene rings is 2. The summed E-state index contributed by atoms with van der Waals surface area (Å²) in [5.74, 6) is -1.28. The number of hydrogen-bond acceptors (Lipinski definition) is 5. The molecule has 0 spiro atoms. The number of carbonyl (C=O) groups is 2. The second-order valence-corrected chi connectivity index (χ2v) is 9.27. The number of nitrogens with zero attached hydrogens (tertiary/aromatic N) is 2. The van der Waals surface area contributed by atoms with Crippen LogP contribution in [0.3, 0.4) is 0 Å². The van der Waals surface area contributed by atoms with Crippen LogP contribution in [0, 0.1) is 0 Å². The van der Waals surface area contributed by atoms with Gasteiger partial charge in [-0.25, -0.2) is 13.2 Å². The molecule has 3 rings (SSSR count). The van der Waals surface area contributed by atoms with Crippen LogP contribution in [-0.2, 0) is 26.6 Å². The lowest BCUT2D eigenvalue weighted by Crippen LogP contribution is -2.30. The molecule has 0 unspecified atom stereocenters. The van der Waals surface area contributed by atoms with E-state index in [2.05, 4.69) is 5.32 Å². The largest absolute Gasteiger partial charge is 0.451 e. The van der Waals surface area contributed by atoms with E-state index in [0.717, 1.165) is 11.1 Å². The van der Waals surface area contributed by atoms with Crippen molar-refractivity contribution in [3.8, 4) is 11.1 Å². The summed E-state index contributed by atoms with van der Waals surface area (Å²) < 4.78 is 33.1. The Bertz CT molecular complexity index is 1210. The second-order valence-electron chi connectivity index (χ2n) is 7.33. The second kappa shape index (κ2) is 10.5. The summed E-state index contributed by atoms with van der Waals surface area (Å²) >= 11 is 0. The molecule has 9 heteroatoms. The van der Waals surface area contributed by atoms with Crippen molar-refractivity contribution >= 4 is 27.6 Å². The topological polar surface area (TPSA) is 97.7 Å². The fourth-order valence-corrected chi connectivity index (χ4v) is 4.90. The van der Waals surface area contributed by atoms with Crippen molar-refractivity contribution in [2.75, 3.05) is 25.0 Å². The minimum absolute atomic E-state index is 0.00334. The summed E-state index contributed by atoms with van der Waals surface area (Å²) in [6.07, 6.45) is 1.36. The quantitative estimate of drug-likeness (QED) is 0.484. The minimum atomic E-state index is -3.71. The van der Waals surface area contributed by atoms with Crippen molar-refractivity contribution in [1.82, 2.24) is 8.87 Å². The zero-order valence-corrected chi connectivity index (χ0v) is 19.6. The average Bonchev–Trinajstić information content (AvgIpc) is 3.22. The van der Waals surface area contributed by atoms with E-state index in [1.54, 1.807) is 33.0 Å². The third-order valence-electron chi connectivity index (χ3n) is 5.14. The zero-order chi connectivity index (χ0) is 24.0. The summed E-state index contributed by atoms with van der Waals surface area (Å²) in [6, 6.07) is 18.4. The molecule has 3 aromatic rings. The maximum absolute atomic E-state index is 12.7. The van der Waals surface area contributed by atoms with E-state index in [0.29, 0.717) is 18.8 Å². The van der Waals surface area contributed by atoms with Crippen molar-refractivity contribution in [2.24, 2.45) is 7.05 Å². The maximum Gasteiger partial charge on any atom is 0.355 e. The van der Waals surface area contributed by atoms with Gasteiger partial charge in [-0.3, -0.25) is 4.79 Å². The summed E-state index contributed by atoms with van der Waals surface area (Å²) in [5.41, 5.74) is 2.69. The highest BCUT2D eigenvalue weighted by atomic mass is 32.2. The first-order chi connectivity index (χ1) is 15.8. The van der Waals surface area contributed by atoms with Crippen LogP contribution in [0.15, 0.2) is 71.8 Å². The fourth-order valence-electron chi connectivity index (χ4n) is 3.37. The highest BCUT2D eigenvalue weighted by Gasteiger charge is 2.26. The number of anilines is 1. The number of amides is 1. The molecule has 0 saturated carbocycles. The minimum Gasteiger partial charge on any atom is -0.451 e. The predicted octanol–water partition coefficient (Wildman–Crippen LogP) is 3.52. The fraction of sp³-hybridized carbons (Fsp3) is 0.250. The molecule has 8 nitrogen and oxygen atoms in total. The Kier molecular flexibility index (Phi) is 7.67. The zero-order valence-electron chi connectivity index (χ0n) is 18.8. The molecule has 1 heterocycles. The Morgan fingerprint density at radius 2 is 1.58 bits per heavy atom. The third-order valence-corrected chi connectivity index (χ3v) is 7.16. The Morgan fingerprint density at radius 1 is 0.970 bits per heavy atom.